The van der Waals surface area contributed by atoms with Crippen LogP contribution < -0.4 is 5.32 Å². The molecule has 18 atom stereocenters. The van der Waals surface area contributed by atoms with E-state index in [9.17, 15) is 0 Å². The maximum absolute atomic E-state index is 15.3. The monoisotopic (exact) mass is 840 g/mol. The highest BCUT2D eigenvalue weighted by atomic mass is 16.5. The molecule has 9 rings (SSSR count). The first-order chi connectivity index (χ1) is 28.7. The minimum atomic E-state index is -0.276. The Bertz CT molecular complexity index is 1680. The summed E-state index contributed by atoms with van der Waals surface area (Å²) in [5, 5.41) is 3.76. The van der Waals surface area contributed by atoms with Gasteiger partial charge in [0.05, 0.1) is 5.41 Å². The molecule has 9 aliphatic rings. The molecule has 3 heteroatoms. The van der Waals surface area contributed by atoms with E-state index in [0.29, 0.717) is 56.8 Å². The molecule has 3 unspecified atom stereocenters. The van der Waals surface area contributed by atoms with E-state index in [1.54, 1.807) is 5.57 Å². The van der Waals surface area contributed by atoms with Crippen molar-refractivity contribution in [2.45, 2.75) is 230 Å². The molecule has 8 fully saturated rings. The molecule has 61 heavy (non-hydrogen) atoms. The molecule has 0 radical (unpaired) electrons. The largest absolute Gasteiger partial charge is 0.462 e. The summed E-state index contributed by atoms with van der Waals surface area (Å²) in [7, 11) is 2.21. The summed E-state index contributed by atoms with van der Waals surface area (Å²) in [4.78, 5) is 15.3. The van der Waals surface area contributed by atoms with Gasteiger partial charge in [-0.05, 0) is 220 Å². The van der Waals surface area contributed by atoms with Crippen LogP contribution in [-0.4, -0.2) is 25.2 Å². The molecule has 0 saturated heterocycles. The van der Waals surface area contributed by atoms with Crippen molar-refractivity contribution in [3.8, 4) is 0 Å². The highest BCUT2D eigenvalue weighted by molar-refractivity contribution is 5.78. The average Bonchev–Trinajstić information content (AvgIpc) is 3.77. The summed E-state index contributed by atoms with van der Waals surface area (Å²) >= 11 is 0. The fourth-order valence-corrected chi connectivity index (χ4v) is 21.3. The average molecular weight is 840 g/mol. The van der Waals surface area contributed by atoms with Crippen LogP contribution in [-0.2, 0) is 9.53 Å². The maximum Gasteiger partial charge on any atom is 0.312 e. The molecule has 0 aliphatic heterocycles. The summed E-state index contributed by atoms with van der Waals surface area (Å²) in [6.07, 6.45) is 30.1. The summed E-state index contributed by atoms with van der Waals surface area (Å²) in [6.45, 7) is 31.3. The zero-order chi connectivity index (χ0) is 43.7. The van der Waals surface area contributed by atoms with Gasteiger partial charge in [-0.3, -0.25) is 4.79 Å². The second-order valence-corrected chi connectivity index (χ2v) is 27.6. The Morgan fingerprint density at radius 2 is 1.44 bits per heavy atom. The van der Waals surface area contributed by atoms with Gasteiger partial charge in [0.2, 0.25) is 0 Å². The van der Waals surface area contributed by atoms with Gasteiger partial charge >= 0.3 is 5.97 Å². The molecular formula is C58H97NO2. The van der Waals surface area contributed by atoms with Crippen molar-refractivity contribution in [3.05, 3.63) is 11.6 Å². The van der Waals surface area contributed by atoms with Crippen molar-refractivity contribution in [2.75, 3.05) is 7.05 Å². The number of esters is 1. The highest BCUT2D eigenvalue weighted by Gasteiger charge is 2.72. The lowest BCUT2D eigenvalue weighted by molar-refractivity contribution is -0.243. The van der Waals surface area contributed by atoms with Crippen LogP contribution >= 0.6 is 0 Å². The Morgan fingerprint density at radius 1 is 0.705 bits per heavy atom. The van der Waals surface area contributed by atoms with E-state index in [1.165, 1.54) is 109 Å². The SMILES string of the molecule is CNC1CC[C@@]2(C)C(CC[C@]3(C)[C@@H]2CC[C@@H]2C4[C@H](C(C)C)CC[C@]4(C(=O)O[C@@H]4CC[C@@]5(C)C(=CC[C@H]6[C@@H]7CC[C@H]([C@H](C)CCCC(C)C)[C@@]7(C)CC[C@@H]65)C4)CC[C@]23C)C1(C)C. The van der Waals surface area contributed by atoms with Gasteiger partial charge in [-0.2, -0.15) is 0 Å². The van der Waals surface area contributed by atoms with Crippen LogP contribution in [0.4, 0.5) is 0 Å². The number of rotatable bonds is 9. The number of carbonyl (C=O) groups is 1. The quantitative estimate of drug-likeness (QED) is 0.186. The van der Waals surface area contributed by atoms with Crippen molar-refractivity contribution in [3.63, 3.8) is 0 Å². The van der Waals surface area contributed by atoms with Crippen LogP contribution in [0.2, 0.25) is 0 Å². The fraction of sp³-hybridized carbons (Fsp3) is 0.948. The Labute approximate surface area is 377 Å². The van der Waals surface area contributed by atoms with Gasteiger partial charge in [0, 0.05) is 12.5 Å². The minimum Gasteiger partial charge on any atom is -0.462 e. The van der Waals surface area contributed by atoms with Crippen LogP contribution in [0.25, 0.3) is 0 Å². The molecule has 0 aromatic heterocycles. The van der Waals surface area contributed by atoms with Crippen LogP contribution in [0.3, 0.4) is 0 Å². The number of nitrogens with one attached hydrogen (secondary N) is 1. The Balaban J connectivity index is 0.909. The lowest BCUT2D eigenvalue weighted by Gasteiger charge is -2.73. The van der Waals surface area contributed by atoms with Gasteiger partial charge in [0.1, 0.15) is 6.10 Å². The molecule has 8 saturated carbocycles. The number of fused-ring (bicyclic) bond motifs is 12. The Hall–Kier alpha value is -0.830. The summed E-state index contributed by atoms with van der Waals surface area (Å²) in [5.41, 5.74) is 3.59. The number of hydrogen-bond acceptors (Lipinski definition) is 3. The first-order valence-electron chi connectivity index (χ1n) is 27.3. The number of allylic oxidation sites excluding steroid dienone is 1. The predicted molar refractivity (Wildman–Crippen MR) is 255 cm³/mol. The maximum atomic E-state index is 15.3. The first-order valence-corrected chi connectivity index (χ1v) is 27.3. The van der Waals surface area contributed by atoms with Gasteiger partial charge in [-0.25, -0.2) is 0 Å². The lowest BCUT2D eigenvalue weighted by Crippen LogP contribution is -2.67. The van der Waals surface area contributed by atoms with E-state index in [4.69, 9.17) is 4.74 Å². The third-order valence-corrected chi connectivity index (χ3v) is 24.7. The lowest BCUT2D eigenvalue weighted by atomic mass is 9.32. The molecule has 0 heterocycles. The standard InChI is InChI=1S/C58H97NO2/c1-36(2)15-14-16-38(5)43-19-20-44-42-18-17-39-35-40(23-28-53(39,8)45(42)25-29-54(43,44)9)61-51(60)58-32-24-41(37(3)4)50(58)46-21-22-48-55(10)30-27-49(59-13)52(6,7)47(55)26-31-57(48,12)56(46,11)33-34-58/h17,36-38,40-50,59H,14-16,18-35H2,1-13H3/t38-,40-,41+,42+,43-,44+,45+,46-,47?,48-,49?,50?,53+,54-,55+,56-,57-,58+/m1/s1. The van der Waals surface area contributed by atoms with Gasteiger partial charge in [0.25, 0.3) is 0 Å². The van der Waals surface area contributed by atoms with E-state index < -0.39 is 0 Å². The number of hydrogen-bond donors (Lipinski definition) is 1. The molecule has 3 nitrogen and oxygen atoms in total. The molecule has 0 aromatic rings. The number of ether oxygens (including phenoxy) is 1. The van der Waals surface area contributed by atoms with E-state index in [-0.39, 0.29) is 22.9 Å². The molecular weight excluding hydrogens is 743 g/mol. The topological polar surface area (TPSA) is 38.3 Å². The molecule has 0 bridgehead atoms. The summed E-state index contributed by atoms with van der Waals surface area (Å²) < 4.78 is 7.06. The van der Waals surface area contributed by atoms with Crippen molar-refractivity contribution >= 4 is 5.97 Å². The van der Waals surface area contributed by atoms with E-state index in [2.05, 4.69) is 102 Å². The molecule has 9 aliphatic carbocycles. The summed E-state index contributed by atoms with van der Waals surface area (Å²) in [6, 6.07) is 0.624. The van der Waals surface area contributed by atoms with Crippen molar-refractivity contribution < 1.29 is 9.53 Å². The van der Waals surface area contributed by atoms with Crippen molar-refractivity contribution in [2.24, 2.45) is 109 Å². The van der Waals surface area contributed by atoms with E-state index in [1.807, 2.05) is 0 Å². The first kappa shape index (κ1) is 45.3. The van der Waals surface area contributed by atoms with Crippen molar-refractivity contribution in [1.82, 2.24) is 5.32 Å². The second kappa shape index (κ2) is 15.6. The third kappa shape index (κ3) is 6.52. The third-order valence-electron chi connectivity index (χ3n) is 24.7. The molecule has 0 spiro atoms. The Kier molecular flexibility index (Phi) is 11.6. The zero-order valence-corrected chi connectivity index (χ0v) is 42.3. The summed E-state index contributed by atoms with van der Waals surface area (Å²) in [5.74, 6) is 9.36. The van der Waals surface area contributed by atoms with Crippen LogP contribution in [0.5, 0.6) is 0 Å². The predicted octanol–water partition coefficient (Wildman–Crippen LogP) is 15.3. The van der Waals surface area contributed by atoms with Gasteiger partial charge in [-0.1, -0.05) is 114 Å². The smallest absolute Gasteiger partial charge is 0.312 e. The van der Waals surface area contributed by atoms with E-state index >= 15 is 4.79 Å². The van der Waals surface area contributed by atoms with Crippen molar-refractivity contribution in [1.29, 1.82) is 0 Å². The van der Waals surface area contributed by atoms with Gasteiger partial charge in [0.15, 0.2) is 0 Å². The molecule has 1 N–H and O–H groups in total. The van der Waals surface area contributed by atoms with E-state index in [0.717, 1.165) is 73.0 Å². The number of carbonyl (C=O) groups excluding carboxylic acids is 1. The Morgan fingerprint density at radius 3 is 2.16 bits per heavy atom. The minimum absolute atomic E-state index is 0.0702. The molecule has 0 aromatic carbocycles. The van der Waals surface area contributed by atoms with Crippen LogP contribution in [0.15, 0.2) is 11.6 Å². The second-order valence-electron chi connectivity index (χ2n) is 27.6. The van der Waals surface area contributed by atoms with Gasteiger partial charge in [-0.15, -0.1) is 0 Å². The highest BCUT2D eigenvalue weighted by Crippen LogP contribution is 2.78. The molecule has 0 amide bonds. The normalized spacial score (nSPS) is 51.5. The van der Waals surface area contributed by atoms with Gasteiger partial charge < -0.3 is 10.1 Å². The van der Waals surface area contributed by atoms with Crippen LogP contribution in [0.1, 0.15) is 218 Å². The van der Waals surface area contributed by atoms with Crippen LogP contribution in [0, 0.1) is 109 Å². The zero-order valence-electron chi connectivity index (χ0n) is 42.3. The molecule has 346 valence electrons. The fourth-order valence-electron chi connectivity index (χ4n) is 21.3.